The first-order valence-electron chi connectivity index (χ1n) is 6.65. The summed E-state index contributed by atoms with van der Waals surface area (Å²) >= 11 is 0. The molecule has 0 amide bonds. The normalized spacial score (nSPS) is 24.8. The molecule has 2 atom stereocenters. The number of hydrogen-bond acceptors (Lipinski definition) is 3. The van der Waals surface area contributed by atoms with Crippen molar-refractivity contribution < 1.29 is 18.3 Å². The molecule has 1 aliphatic rings. The van der Waals surface area contributed by atoms with Crippen LogP contribution in [0.2, 0.25) is 0 Å². The largest absolute Gasteiger partial charge is 0.477 e. The molecule has 20 heavy (non-hydrogen) atoms. The lowest BCUT2D eigenvalue weighted by Gasteiger charge is -2.35. The number of aromatic nitrogens is 1. The maximum absolute atomic E-state index is 12.6. The average molecular weight is 300 g/mol. The van der Waals surface area contributed by atoms with Gasteiger partial charge in [-0.3, -0.25) is 0 Å². The molecular weight excluding hydrogens is 280 g/mol. The van der Waals surface area contributed by atoms with E-state index < -0.39 is 16.0 Å². The number of aromatic carboxylic acids is 1. The van der Waals surface area contributed by atoms with Crippen molar-refractivity contribution in [2.75, 3.05) is 6.54 Å². The Morgan fingerprint density at radius 2 is 2.05 bits per heavy atom. The number of hydrogen-bond donors (Lipinski definition) is 1. The number of carboxylic acids is 1. The number of aryl methyl sites for hydroxylation is 1. The van der Waals surface area contributed by atoms with Gasteiger partial charge < -0.3 is 9.67 Å². The summed E-state index contributed by atoms with van der Waals surface area (Å²) in [6, 6.07) is 1.17. The van der Waals surface area contributed by atoms with Gasteiger partial charge in [0.15, 0.2) is 0 Å². The summed E-state index contributed by atoms with van der Waals surface area (Å²) in [5.41, 5.74) is -0.0263. The van der Waals surface area contributed by atoms with Gasteiger partial charge in [0.2, 0.25) is 10.0 Å². The third-order valence-corrected chi connectivity index (χ3v) is 5.86. The van der Waals surface area contributed by atoms with Gasteiger partial charge in [-0.25, -0.2) is 13.2 Å². The van der Waals surface area contributed by atoms with Crippen LogP contribution in [0.25, 0.3) is 0 Å². The van der Waals surface area contributed by atoms with Gasteiger partial charge in [0.05, 0.1) is 0 Å². The minimum absolute atomic E-state index is 0.0263. The highest BCUT2D eigenvalue weighted by molar-refractivity contribution is 7.89. The van der Waals surface area contributed by atoms with Crippen molar-refractivity contribution in [3.05, 3.63) is 18.0 Å². The first kappa shape index (κ1) is 15.1. The van der Waals surface area contributed by atoms with Crippen molar-refractivity contribution in [3.8, 4) is 0 Å². The van der Waals surface area contributed by atoms with Gasteiger partial charge in [0.1, 0.15) is 10.6 Å². The Morgan fingerprint density at radius 3 is 2.55 bits per heavy atom. The van der Waals surface area contributed by atoms with Crippen molar-refractivity contribution in [1.29, 1.82) is 0 Å². The average Bonchev–Trinajstić information content (AvgIpc) is 2.71. The van der Waals surface area contributed by atoms with E-state index in [2.05, 4.69) is 6.92 Å². The highest BCUT2D eigenvalue weighted by Crippen LogP contribution is 2.28. The van der Waals surface area contributed by atoms with Crippen LogP contribution in [0.3, 0.4) is 0 Å². The van der Waals surface area contributed by atoms with E-state index in [1.807, 2.05) is 6.92 Å². The third kappa shape index (κ3) is 2.60. The molecule has 2 rings (SSSR count). The van der Waals surface area contributed by atoms with Crippen LogP contribution < -0.4 is 0 Å². The van der Waals surface area contributed by atoms with Crippen LogP contribution in [0.4, 0.5) is 0 Å². The van der Waals surface area contributed by atoms with E-state index in [0.717, 1.165) is 12.8 Å². The number of nitrogens with zero attached hydrogens (tertiary/aromatic N) is 2. The number of carboxylic acid groups (broad SMARTS) is 1. The fourth-order valence-electron chi connectivity index (χ4n) is 2.77. The second-order valence-corrected chi connectivity index (χ2v) is 7.46. The Hall–Kier alpha value is -1.34. The zero-order valence-electron chi connectivity index (χ0n) is 11.9. The van der Waals surface area contributed by atoms with E-state index in [4.69, 9.17) is 5.11 Å². The molecule has 1 fully saturated rings. The van der Waals surface area contributed by atoms with Crippen molar-refractivity contribution in [1.82, 2.24) is 8.87 Å². The van der Waals surface area contributed by atoms with Crippen LogP contribution in [0.5, 0.6) is 0 Å². The summed E-state index contributed by atoms with van der Waals surface area (Å²) in [6.45, 7) is 4.50. The Balaban J connectivity index is 2.35. The van der Waals surface area contributed by atoms with Gasteiger partial charge >= 0.3 is 5.97 Å². The fraction of sp³-hybridized carbons (Fsp3) is 0.615. The van der Waals surface area contributed by atoms with Crippen LogP contribution in [0.15, 0.2) is 17.2 Å². The van der Waals surface area contributed by atoms with E-state index in [1.54, 1.807) is 0 Å². The molecule has 0 radical (unpaired) electrons. The summed E-state index contributed by atoms with van der Waals surface area (Å²) in [6.07, 6.45) is 3.03. The minimum atomic E-state index is -3.62. The van der Waals surface area contributed by atoms with Crippen LogP contribution >= 0.6 is 0 Å². The summed E-state index contributed by atoms with van der Waals surface area (Å²) in [5.74, 6) is -0.615. The smallest absolute Gasteiger partial charge is 0.352 e. The van der Waals surface area contributed by atoms with E-state index in [1.165, 1.54) is 28.2 Å². The van der Waals surface area contributed by atoms with E-state index in [9.17, 15) is 13.2 Å². The molecule has 0 saturated carbocycles. The minimum Gasteiger partial charge on any atom is -0.477 e. The molecular formula is C13H20N2O4S. The van der Waals surface area contributed by atoms with E-state index >= 15 is 0 Å². The molecule has 112 valence electrons. The topological polar surface area (TPSA) is 79.6 Å². The maximum Gasteiger partial charge on any atom is 0.352 e. The van der Waals surface area contributed by atoms with Gasteiger partial charge in [0, 0.05) is 25.8 Å². The van der Waals surface area contributed by atoms with Crippen LogP contribution in [0.1, 0.15) is 37.2 Å². The summed E-state index contributed by atoms with van der Waals surface area (Å²) < 4.78 is 28.0. The van der Waals surface area contributed by atoms with Gasteiger partial charge in [0.25, 0.3) is 0 Å². The predicted molar refractivity (Wildman–Crippen MR) is 74.1 cm³/mol. The quantitative estimate of drug-likeness (QED) is 0.918. The standard InChI is InChI=1S/C13H20N2O4S/c1-9-4-5-15(10(2)6-9)20(18,19)11-7-12(13(16)17)14(3)8-11/h7-10H,4-6H2,1-3H3,(H,16,17). The molecule has 1 aromatic heterocycles. The van der Waals surface area contributed by atoms with Gasteiger partial charge in [-0.1, -0.05) is 6.92 Å². The number of carbonyl (C=O) groups is 1. The predicted octanol–water partition coefficient (Wildman–Crippen LogP) is 1.53. The summed E-state index contributed by atoms with van der Waals surface area (Å²) in [7, 11) is -2.09. The molecule has 1 saturated heterocycles. The van der Waals surface area contributed by atoms with E-state index in [-0.39, 0.29) is 16.6 Å². The molecule has 0 spiro atoms. The fourth-order valence-corrected chi connectivity index (χ4v) is 4.49. The van der Waals surface area contributed by atoms with Gasteiger partial charge in [-0.05, 0) is 31.7 Å². The SMILES string of the molecule is CC1CCN(S(=O)(=O)c2cc(C(=O)O)n(C)c2)C(C)C1. The molecule has 1 aromatic rings. The number of rotatable bonds is 3. The Bertz CT molecular complexity index is 620. The second kappa shape index (κ2) is 5.21. The lowest BCUT2D eigenvalue weighted by Crippen LogP contribution is -2.43. The zero-order valence-corrected chi connectivity index (χ0v) is 12.7. The van der Waals surface area contributed by atoms with Crippen molar-refractivity contribution in [3.63, 3.8) is 0 Å². The lowest BCUT2D eigenvalue weighted by atomic mass is 9.95. The summed E-state index contributed by atoms with van der Waals surface area (Å²) in [5, 5.41) is 9.01. The molecule has 2 unspecified atom stereocenters. The Kier molecular flexibility index (Phi) is 3.93. The summed E-state index contributed by atoms with van der Waals surface area (Å²) in [4.78, 5) is 11.1. The second-order valence-electron chi connectivity index (χ2n) is 5.57. The van der Waals surface area contributed by atoms with Crippen LogP contribution in [-0.2, 0) is 17.1 Å². The van der Waals surface area contributed by atoms with Gasteiger partial charge in [-0.15, -0.1) is 0 Å². The molecule has 1 aliphatic heterocycles. The van der Waals surface area contributed by atoms with Crippen LogP contribution in [-0.4, -0.2) is 41.0 Å². The highest BCUT2D eigenvalue weighted by atomic mass is 32.2. The maximum atomic E-state index is 12.6. The Labute approximate surface area is 119 Å². The van der Waals surface area contributed by atoms with Crippen molar-refractivity contribution in [2.24, 2.45) is 13.0 Å². The van der Waals surface area contributed by atoms with Crippen LogP contribution in [0, 0.1) is 5.92 Å². The molecule has 2 heterocycles. The van der Waals surface area contributed by atoms with E-state index in [0.29, 0.717) is 12.5 Å². The third-order valence-electron chi connectivity index (χ3n) is 3.88. The molecule has 6 nitrogen and oxygen atoms in total. The van der Waals surface area contributed by atoms with Crippen molar-refractivity contribution in [2.45, 2.75) is 37.6 Å². The molecule has 0 aromatic carbocycles. The molecule has 0 aliphatic carbocycles. The first-order valence-corrected chi connectivity index (χ1v) is 8.09. The zero-order chi connectivity index (χ0) is 15.1. The number of piperidine rings is 1. The Morgan fingerprint density at radius 1 is 1.40 bits per heavy atom. The molecule has 1 N–H and O–H groups in total. The van der Waals surface area contributed by atoms with Gasteiger partial charge in [-0.2, -0.15) is 4.31 Å². The lowest BCUT2D eigenvalue weighted by molar-refractivity contribution is 0.0686. The first-order chi connectivity index (χ1) is 9.23. The number of sulfonamides is 1. The van der Waals surface area contributed by atoms with Crippen molar-refractivity contribution >= 4 is 16.0 Å². The highest BCUT2D eigenvalue weighted by Gasteiger charge is 2.34. The monoisotopic (exact) mass is 300 g/mol. The molecule has 0 bridgehead atoms. The molecule has 7 heteroatoms.